The Labute approximate surface area is 202 Å². The fourth-order valence-corrected chi connectivity index (χ4v) is 3.69. The van der Waals surface area contributed by atoms with E-state index in [0.717, 1.165) is 6.42 Å². The number of carbonyl (C=O) groups excluding carboxylic acids is 1. The van der Waals surface area contributed by atoms with E-state index in [4.69, 9.17) is 33.7 Å². The van der Waals surface area contributed by atoms with Crippen LogP contribution in [0.4, 0.5) is 10.2 Å². The zero-order valence-corrected chi connectivity index (χ0v) is 20.0. The number of hydrogen-bond donors (Lipinski definition) is 1. The predicted octanol–water partition coefficient (Wildman–Crippen LogP) is 6.58. The molecule has 1 amide bonds. The minimum absolute atomic E-state index is 0.119. The minimum Gasteiger partial charge on any atom is -0.487 e. The van der Waals surface area contributed by atoms with Gasteiger partial charge in [-0.3, -0.25) is 4.79 Å². The molecule has 2 aromatic carbocycles. The van der Waals surface area contributed by atoms with Gasteiger partial charge < -0.3 is 15.4 Å². The van der Waals surface area contributed by atoms with Crippen LogP contribution in [0.2, 0.25) is 10.0 Å². The second-order valence-corrected chi connectivity index (χ2v) is 8.36. The zero-order chi connectivity index (χ0) is 24.3. The fourth-order valence-electron chi connectivity index (χ4n) is 3.19. The smallest absolute Gasteiger partial charge is 0.248 e. The summed E-state index contributed by atoms with van der Waals surface area (Å²) >= 11 is 12.6. The Morgan fingerprint density at radius 2 is 1.97 bits per heavy atom. The van der Waals surface area contributed by atoms with Gasteiger partial charge in [0.2, 0.25) is 5.91 Å². The SMILES string of the molecule is C=C(c1c(F)cccc1Cl)N(C)c1ncc(-c2cc(C(N)=O)ccc2Cl)cc1OC(C)CC. The number of benzene rings is 2. The number of ether oxygens (including phenoxy) is 1. The number of rotatable bonds is 8. The van der Waals surface area contributed by atoms with E-state index in [1.807, 2.05) is 13.8 Å². The van der Waals surface area contributed by atoms with Crippen molar-refractivity contribution in [1.29, 1.82) is 0 Å². The molecule has 5 nitrogen and oxygen atoms in total. The molecule has 1 heterocycles. The van der Waals surface area contributed by atoms with Crippen molar-refractivity contribution in [3.8, 4) is 16.9 Å². The molecule has 0 spiro atoms. The van der Waals surface area contributed by atoms with Crippen LogP contribution >= 0.6 is 23.2 Å². The number of pyridine rings is 1. The van der Waals surface area contributed by atoms with Gasteiger partial charge in [0, 0.05) is 40.7 Å². The Kier molecular flexibility index (Phi) is 7.61. The van der Waals surface area contributed by atoms with Crippen LogP contribution in [-0.2, 0) is 0 Å². The summed E-state index contributed by atoms with van der Waals surface area (Å²) in [6.45, 7) is 7.95. The number of nitrogens with zero attached hydrogens (tertiary/aromatic N) is 2. The highest BCUT2D eigenvalue weighted by Gasteiger charge is 2.21. The van der Waals surface area contributed by atoms with Crippen molar-refractivity contribution in [1.82, 2.24) is 4.98 Å². The third kappa shape index (κ3) is 5.29. The first kappa shape index (κ1) is 24.6. The molecule has 0 saturated carbocycles. The van der Waals surface area contributed by atoms with Crippen molar-refractivity contribution >= 4 is 40.6 Å². The van der Waals surface area contributed by atoms with E-state index >= 15 is 0 Å². The van der Waals surface area contributed by atoms with E-state index in [1.54, 1.807) is 48.5 Å². The number of anilines is 1. The second kappa shape index (κ2) is 10.2. The molecule has 1 unspecified atom stereocenters. The summed E-state index contributed by atoms with van der Waals surface area (Å²) in [7, 11) is 1.71. The van der Waals surface area contributed by atoms with Crippen molar-refractivity contribution in [3.63, 3.8) is 0 Å². The number of halogens is 3. The number of amides is 1. The summed E-state index contributed by atoms with van der Waals surface area (Å²) in [5.74, 6) is -0.189. The first-order chi connectivity index (χ1) is 15.6. The van der Waals surface area contributed by atoms with Gasteiger partial charge in [0.1, 0.15) is 5.82 Å². The number of nitrogens with two attached hydrogens (primary N) is 1. The lowest BCUT2D eigenvalue weighted by Gasteiger charge is -2.26. The highest BCUT2D eigenvalue weighted by atomic mass is 35.5. The van der Waals surface area contributed by atoms with E-state index in [9.17, 15) is 9.18 Å². The van der Waals surface area contributed by atoms with Crippen LogP contribution in [0, 0.1) is 5.82 Å². The number of primary amides is 1. The van der Waals surface area contributed by atoms with Crippen LogP contribution in [0.5, 0.6) is 5.75 Å². The van der Waals surface area contributed by atoms with Gasteiger partial charge in [-0.25, -0.2) is 9.37 Å². The zero-order valence-electron chi connectivity index (χ0n) is 18.5. The fraction of sp³-hybridized carbons (Fsp3) is 0.200. The molecule has 0 aliphatic carbocycles. The molecule has 2 N–H and O–H groups in total. The Balaban J connectivity index is 2.10. The molecule has 172 valence electrons. The van der Waals surface area contributed by atoms with E-state index in [0.29, 0.717) is 39.0 Å². The first-order valence-corrected chi connectivity index (χ1v) is 11.0. The van der Waals surface area contributed by atoms with E-state index in [1.165, 1.54) is 12.1 Å². The van der Waals surface area contributed by atoms with Gasteiger partial charge in [-0.05, 0) is 49.7 Å². The molecule has 33 heavy (non-hydrogen) atoms. The normalized spacial score (nSPS) is 11.7. The monoisotopic (exact) mass is 487 g/mol. The molecular weight excluding hydrogens is 464 g/mol. The Bertz CT molecular complexity index is 1200. The van der Waals surface area contributed by atoms with Crippen molar-refractivity contribution in [2.45, 2.75) is 26.4 Å². The summed E-state index contributed by atoms with van der Waals surface area (Å²) in [4.78, 5) is 17.8. The van der Waals surface area contributed by atoms with E-state index in [-0.39, 0.29) is 16.7 Å². The van der Waals surface area contributed by atoms with Crippen LogP contribution in [0.3, 0.4) is 0 Å². The highest BCUT2D eigenvalue weighted by Crippen LogP contribution is 2.38. The standard InChI is InChI=1S/C25H24Cl2FN3O2/c1-5-14(2)33-22-12-17(18-11-16(24(29)32)9-10-19(18)26)13-30-25(22)31(4)15(3)23-20(27)7-6-8-21(23)28/h6-14H,3,5H2,1-2,4H3,(H2,29,32). The predicted molar refractivity (Wildman–Crippen MR) is 132 cm³/mol. The third-order valence-electron chi connectivity index (χ3n) is 5.27. The van der Waals surface area contributed by atoms with Crippen molar-refractivity contribution < 1.29 is 13.9 Å². The largest absolute Gasteiger partial charge is 0.487 e. The van der Waals surface area contributed by atoms with Crippen molar-refractivity contribution in [3.05, 3.63) is 82.2 Å². The lowest BCUT2D eigenvalue weighted by Crippen LogP contribution is -2.20. The maximum absolute atomic E-state index is 14.5. The number of aromatic nitrogens is 1. The number of carbonyl (C=O) groups is 1. The average Bonchev–Trinajstić information content (AvgIpc) is 2.78. The summed E-state index contributed by atoms with van der Waals surface area (Å²) < 4.78 is 20.6. The van der Waals surface area contributed by atoms with Gasteiger partial charge in [0.05, 0.1) is 16.7 Å². The molecule has 3 aromatic rings. The van der Waals surface area contributed by atoms with Gasteiger partial charge >= 0.3 is 0 Å². The molecule has 0 aliphatic heterocycles. The molecule has 8 heteroatoms. The highest BCUT2D eigenvalue weighted by molar-refractivity contribution is 6.33. The maximum atomic E-state index is 14.5. The van der Waals surface area contributed by atoms with Gasteiger partial charge in [-0.15, -0.1) is 0 Å². The molecule has 0 saturated heterocycles. The van der Waals surface area contributed by atoms with Crippen LogP contribution < -0.4 is 15.4 Å². The van der Waals surface area contributed by atoms with Crippen LogP contribution in [-0.4, -0.2) is 24.0 Å². The Morgan fingerprint density at radius 1 is 1.24 bits per heavy atom. The summed E-state index contributed by atoms with van der Waals surface area (Å²) in [5.41, 5.74) is 7.46. The second-order valence-electron chi connectivity index (χ2n) is 7.54. The molecular formula is C25H24Cl2FN3O2. The molecule has 0 bridgehead atoms. The lowest BCUT2D eigenvalue weighted by molar-refractivity contribution is 0.100. The van der Waals surface area contributed by atoms with Crippen molar-refractivity contribution in [2.24, 2.45) is 5.73 Å². The molecule has 0 fully saturated rings. The van der Waals surface area contributed by atoms with Gasteiger partial charge in [0.15, 0.2) is 11.6 Å². The molecule has 0 aliphatic rings. The average molecular weight is 488 g/mol. The summed E-state index contributed by atoms with van der Waals surface area (Å²) in [6.07, 6.45) is 2.23. The van der Waals surface area contributed by atoms with E-state index < -0.39 is 11.7 Å². The first-order valence-electron chi connectivity index (χ1n) is 10.3. The van der Waals surface area contributed by atoms with Crippen molar-refractivity contribution in [2.75, 3.05) is 11.9 Å². The summed E-state index contributed by atoms with van der Waals surface area (Å²) in [6, 6.07) is 11.0. The topological polar surface area (TPSA) is 68.5 Å². The molecule has 3 rings (SSSR count). The quantitative estimate of drug-likeness (QED) is 0.389. The lowest BCUT2D eigenvalue weighted by atomic mass is 10.0. The third-order valence-corrected chi connectivity index (χ3v) is 5.92. The maximum Gasteiger partial charge on any atom is 0.248 e. The van der Waals surface area contributed by atoms with Crippen LogP contribution in [0.25, 0.3) is 16.8 Å². The molecule has 0 radical (unpaired) electrons. The number of hydrogen-bond acceptors (Lipinski definition) is 4. The molecule has 1 atom stereocenters. The van der Waals surface area contributed by atoms with Crippen LogP contribution in [0.1, 0.15) is 36.2 Å². The van der Waals surface area contributed by atoms with Gasteiger partial charge in [-0.1, -0.05) is 42.8 Å². The molecule has 1 aromatic heterocycles. The van der Waals surface area contributed by atoms with Gasteiger partial charge in [-0.2, -0.15) is 0 Å². The Hall–Kier alpha value is -3.09. The van der Waals surface area contributed by atoms with E-state index in [2.05, 4.69) is 11.6 Å². The van der Waals surface area contributed by atoms with Gasteiger partial charge in [0.25, 0.3) is 0 Å². The summed E-state index contributed by atoms with van der Waals surface area (Å²) in [5, 5.41) is 0.669. The Morgan fingerprint density at radius 3 is 2.61 bits per heavy atom. The minimum atomic E-state index is -0.564. The van der Waals surface area contributed by atoms with Crippen LogP contribution in [0.15, 0.2) is 55.2 Å².